The Morgan fingerprint density at radius 3 is 2.84 bits per heavy atom. The SMILES string of the molecule is CC(=O)N1CCN(CCCNc2nc(N3CCOCC3)ncc2F)CC(Cc2ccc3ncccc3c2)C1. The third kappa shape index (κ3) is 6.73. The van der Waals surface area contributed by atoms with E-state index in [1.165, 1.54) is 11.8 Å². The van der Waals surface area contributed by atoms with E-state index in [0.717, 1.165) is 56.5 Å². The third-order valence-corrected chi connectivity index (χ3v) is 7.29. The van der Waals surface area contributed by atoms with Crippen LogP contribution in [0.5, 0.6) is 0 Å². The molecule has 1 atom stereocenters. The van der Waals surface area contributed by atoms with Gasteiger partial charge in [-0.3, -0.25) is 9.78 Å². The average Bonchev–Trinajstić information content (AvgIpc) is 3.14. The molecule has 202 valence electrons. The highest BCUT2D eigenvalue weighted by Crippen LogP contribution is 2.20. The van der Waals surface area contributed by atoms with Crippen LogP contribution in [-0.2, 0) is 16.0 Å². The molecule has 2 aliphatic rings. The van der Waals surface area contributed by atoms with E-state index >= 15 is 0 Å². The number of pyridine rings is 1. The minimum Gasteiger partial charge on any atom is -0.378 e. The standard InChI is InChI=1S/C28H36FN7O2/c1-21(37)36-11-10-34(19-23(20-36)16-22-5-6-26-24(17-22)4-2-7-30-26)9-3-8-31-27-25(29)18-32-28(33-27)35-12-14-38-15-13-35/h2,4-7,17-18,23H,3,8-16,19-20H2,1H3,(H,31,32,33). The fourth-order valence-corrected chi connectivity index (χ4v) is 5.29. The van der Waals surface area contributed by atoms with Crippen LogP contribution in [0, 0.1) is 11.7 Å². The zero-order valence-corrected chi connectivity index (χ0v) is 22.0. The number of hydrogen-bond donors (Lipinski definition) is 1. The normalized spacial score (nSPS) is 18.9. The lowest BCUT2D eigenvalue weighted by molar-refractivity contribution is -0.129. The number of hydrogen-bond acceptors (Lipinski definition) is 8. The number of halogens is 1. The molecule has 5 rings (SSSR count). The van der Waals surface area contributed by atoms with E-state index in [1.54, 1.807) is 6.92 Å². The highest BCUT2D eigenvalue weighted by atomic mass is 19.1. The van der Waals surface area contributed by atoms with Crippen LogP contribution in [0.2, 0.25) is 0 Å². The summed E-state index contributed by atoms with van der Waals surface area (Å²) in [4.78, 5) is 31.7. The number of rotatable bonds is 8. The van der Waals surface area contributed by atoms with Crippen LogP contribution in [0.15, 0.2) is 42.7 Å². The Kier molecular flexibility index (Phi) is 8.60. The molecule has 10 heteroatoms. The van der Waals surface area contributed by atoms with Gasteiger partial charge in [0.05, 0.1) is 24.9 Å². The third-order valence-electron chi connectivity index (χ3n) is 7.29. The van der Waals surface area contributed by atoms with Crippen LogP contribution < -0.4 is 10.2 Å². The molecule has 1 amide bonds. The minimum absolute atomic E-state index is 0.122. The van der Waals surface area contributed by atoms with Gasteiger partial charge in [-0.1, -0.05) is 12.1 Å². The molecule has 0 radical (unpaired) electrons. The van der Waals surface area contributed by atoms with E-state index in [4.69, 9.17) is 4.74 Å². The number of amides is 1. The van der Waals surface area contributed by atoms with Crippen molar-refractivity contribution in [3.05, 3.63) is 54.1 Å². The summed E-state index contributed by atoms with van der Waals surface area (Å²) in [5.41, 5.74) is 2.26. The summed E-state index contributed by atoms with van der Waals surface area (Å²) in [6, 6.07) is 10.5. The number of anilines is 2. The molecule has 1 aromatic carbocycles. The van der Waals surface area contributed by atoms with Crippen LogP contribution in [0.4, 0.5) is 16.2 Å². The Bertz CT molecular complexity index is 1240. The van der Waals surface area contributed by atoms with Crippen molar-refractivity contribution in [2.45, 2.75) is 19.8 Å². The van der Waals surface area contributed by atoms with Crippen molar-refractivity contribution < 1.29 is 13.9 Å². The van der Waals surface area contributed by atoms with Crippen LogP contribution in [-0.4, -0.2) is 96.2 Å². The Balaban J connectivity index is 1.17. The highest BCUT2D eigenvalue weighted by Gasteiger charge is 2.24. The van der Waals surface area contributed by atoms with Crippen molar-refractivity contribution in [3.8, 4) is 0 Å². The molecule has 2 aliphatic heterocycles. The quantitative estimate of drug-likeness (QED) is 0.453. The van der Waals surface area contributed by atoms with E-state index in [2.05, 4.69) is 49.4 Å². The lowest BCUT2D eigenvalue weighted by Crippen LogP contribution is -2.37. The largest absolute Gasteiger partial charge is 0.378 e. The van der Waals surface area contributed by atoms with Gasteiger partial charge in [-0.05, 0) is 49.1 Å². The van der Waals surface area contributed by atoms with Crippen molar-refractivity contribution in [2.24, 2.45) is 5.92 Å². The van der Waals surface area contributed by atoms with Crippen molar-refractivity contribution in [1.29, 1.82) is 0 Å². The van der Waals surface area contributed by atoms with Gasteiger partial charge in [-0.25, -0.2) is 9.37 Å². The smallest absolute Gasteiger partial charge is 0.227 e. The molecule has 9 nitrogen and oxygen atoms in total. The number of ether oxygens (including phenoxy) is 1. The second kappa shape index (κ2) is 12.4. The minimum atomic E-state index is -0.445. The van der Waals surface area contributed by atoms with Gasteiger partial charge in [-0.15, -0.1) is 0 Å². The number of morpholine rings is 1. The number of nitrogens with one attached hydrogen (secondary N) is 1. The molecule has 2 fully saturated rings. The Labute approximate surface area is 223 Å². The van der Waals surface area contributed by atoms with Crippen LogP contribution >= 0.6 is 0 Å². The van der Waals surface area contributed by atoms with E-state index in [0.29, 0.717) is 44.7 Å². The maximum atomic E-state index is 14.4. The van der Waals surface area contributed by atoms with E-state index < -0.39 is 5.82 Å². The fraction of sp³-hybridized carbons (Fsp3) is 0.500. The molecule has 1 unspecified atom stereocenters. The Morgan fingerprint density at radius 1 is 1.13 bits per heavy atom. The van der Waals surface area contributed by atoms with Gasteiger partial charge in [0, 0.05) is 64.3 Å². The molecule has 0 bridgehead atoms. The molecule has 2 saturated heterocycles. The van der Waals surface area contributed by atoms with Gasteiger partial charge in [0.1, 0.15) is 0 Å². The second-order valence-corrected chi connectivity index (χ2v) is 10.1. The van der Waals surface area contributed by atoms with Gasteiger partial charge < -0.3 is 24.8 Å². The van der Waals surface area contributed by atoms with Crippen LogP contribution in [0.3, 0.4) is 0 Å². The number of benzene rings is 1. The summed E-state index contributed by atoms with van der Waals surface area (Å²) in [5.74, 6) is 0.778. The maximum absolute atomic E-state index is 14.4. The molecule has 0 spiro atoms. The van der Waals surface area contributed by atoms with Gasteiger partial charge in [0.2, 0.25) is 11.9 Å². The Morgan fingerprint density at radius 2 is 2.00 bits per heavy atom. The molecule has 3 aromatic rings. The summed E-state index contributed by atoms with van der Waals surface area (Å²) in [6.45, 7) is 9.00. The highest BCUT2D eigenvalue weighted by molar-refractivity contribution is 5.79. The number of aromatic nitrogens is 3. The second-order valence-electron chi connectivity index (χ2n) is 10.1. The first-order valence-electron chi connectivity index (χ1n) is 13.5. The van der Waals surface area contributed by atoms with E-state index in [9.17, 15) is 9.18 Å². The van der Waals surface area contributed by atoms with Gasteiger partial charge in [0.15, 0.2) is 11.6 Å². The maximum Gasteiger partial charge on any atom is 0.227 e. The molecule has 0 aliphatic carbocycles. The van der Waals surface area contributed by atoms with Crippen LogP contribution in [0.1, 0.15) is 18.9 Å². The Hall–Kier alpha value is -3.37. The zero-order chi connectivity index (χ0) is 26.3. The molecular weight excluding hydrogens is 485 g/mol. The number of fused-ring (bicyclic) bond motifs is 1. The summed E-state index contributed by atoms with van der Waals surface area (Å²) >= 11 is 0. The predicted octanol–water partition coefficient (Wildman–Crippen LogP) is 2.83. The molecule has 38 heavy (non-hydrogen) atoms. The molecule has 1 N–H and O–H groups in total. The first-order valence-corrected chi connectivity index (χ1v) is 13.5. The summed E-state index contributed by atoms with van der Waals surface area (Å²) in [7, 11) is 0. The van der Waals surface area contributed by atoms with Crippen molar-refractivity contribution in [3.63, 3.8) is 0 Å². The first kappa shape index (κ1) is 26.2. The lowest BCUT2D eigenvalue weighted by Gasteiger charge is -2.27. The van der Waals surface area contributed by atoms with Gasteiger partial charge in [0.25, 0.3) is 0 Å². The first-order chi connectivity index (χ1) is 18.5. The average molecular weight is 522 g/mol. The zero-order valence-electron chi connectivity index (χ0n) is 22.0. The topological polar surface area (TPSA) is 86.7 Å². The molecule has 4 heterocycles. The number of carbonyl (C=O) groups excluding carboxylic acids is 1. The van der Waals surface area contributed by atoms with Crippen molar-refractivity contribution in [1.82, 2.24) is 24.8 Å². The molecule has 0 saturated carbocycles. The lowest BCUT2D eigenvalue weighted by atomic mass is 9.97. The van der Waals surface area contributed by atoms with Gasteiger partial charge >= 0.3 is 0 Å². The monoisotopic (exact) mass is 521 g/mol. The summed E-state index contributed by atoms with van der Waals surface area (Å²) in [5, 5.41) is 4.30. The van der Waals surface area contributed by atoms with E-state index in [-0.39, 0.29) is 11.7 Å². The fourth-order valence-electron chi connectivity index (χ4n) is 5.29. The predicted molar refractivity (Wildman–Crippen MR) is 146 cm³/mol. The molecule has 2 aromatic heterocycles. The number of carbonyl (C=O) groups is 1. The van der Waals surface area contributed by atoms with Crippen LogP contribution in [0.25, 0.3) is 10.9 Å². The van der Waals surface area contributed by atoms with E-state index in [1.807, 2.05) is 22.1 Å². The molecular formula is C28H36FN7O2. The number of nitrogens with zero attached hydrogens (tertiary/aromatic N) is 6. The van der Waals surface area contributed by atoms with Gasteiger partial charge in [-0.2, -0.15) is 4.98 Å². The van der Waals surface area contributed by atoms with Crippen molar-refractivity contribution in [2.75, 3.05) is 75.8 Å². The van der Waals surface area contributed by atoms with Crippen molar-refractivity contribution >= 4 is 28.6 Å². The summed E-state index contributed by atoms with van der Waals surface area (Å²) < 4.78 is 19.7. The summed E-state index contributed by atoms with van der Waals surface area (Å²) in [6.07, 6.45) is 4.79.